The van der Waals surface area contributed by atoms with Gasteiger partial charge in [0, 0.05) is 35.8 Å². The van der Waals surface area contributed by atoms with Crippen LogP contribution in [0.4, 0.5) is 0 Å². The summed E-state index contributed by atoms with van der Waals surface area (Å²) in [4.78, 5) is 14.6. The average Bonchev–Trinajstić information content (AvgIpc) is 3.08. The van der Waals surface area contributed by atoms with Gasteiger partial charge in [-0.2, -0.15) is 0 Å². The molecule has 5 heteroatoms. The second-order valence-corrected chi connectivity index (χ2v) is 5.57. The van der Waals surface area contributed by atoms with Crippen molar-refractivity contribution in [1.82, 2.24) is 9.47 Å². The van der Waals surface area contributed by atoms with Gasteiger partial charge in [-0.05, 0) is 25.0 Å². The van der Waals surface area contributed by atoms with E-state index in [2.05, 4.69) is 0 Å². The zero-order valence-electron chi connectivity index (χ0n) is 11.2. The van der Waals surface area contributed by atoms with Crippen molar-refractivity contribution in [2.24, 2.45) is 5.73 Å². The van der Waals surface area contributed by atoms with Gasteiger partial charge in [-0.25, -0.2) is 0 Å². The maximum absolute atomic E-state index is 12.2. The van der Waals surface area contributed by atoms with Crippen LogP contribution in [0.5, 0.6) is 0 Å². The zero-order valence-corrected chi connectivity index (χ0v) is 12.0. The molecule has 1 aromatic carbocycles. The molecule has 2 aromatic rings. The van der Waals surface area contributed by atoms with Crippen LogP contribution >= 0.6 is 12.2 Å². The van der Waals surface area contributed by atoms with Gasteiger partial charge in [0.05, 0.1) is 0 Å². The van der Waals surface area contributed by atoms with E-state index >= 15 is 0 Å². The first-order valence-corrected chi connectivity index (χ1v) is 7.23. The van der Waals surface area contributed by atoms with Crippen LogP contribution in [0.2, 0.25) is 0 Å². The van der Waals surface area contributed by atoms with Crippen molar-refractivity contribution in [3.8, 4) is 0 Å². The maximum atomic E-state index is 12.2. The number of fused-ring (bicyclic) bond motifs is 1. The molecule has 0 unspecified atom stereocenters. The van der Waals surface area contributed by atoms with E-state index in [4.69, 9.17) is 18.0 Å². The molecule has 1 aliphatic heterocycles. The molecular weight excluding hydrogens is 270 g/mol. The summed E-state index contributed by atoms with van der Waals surface area (Å²) < 4.78 is 1.97. The van der Waals surface area contributed by atoms with Crippen molar-refractivity contribution >= 4 is 34.0 Å². The predicted octanol–water partition coefficient (Wildman–Crippen LogP) is 1.90. The van der Waals surface area contributed by atoms with Crippen LogP contribution in [0, 0.1) is 0 Å². The SMILES string of the molecule is NC(=S)c1cccc2c1ccn2CC(=O)N1CCCC1. The predicted molar refractivity (Wildman–Crippen MR) is 83.6 cm³/mol. The molecule has 2 heterocycles. The molecular formula is C15H17N3OS. The van der Waals surface area contributed by atoms with E-state index in [0.29, 0.717) is 11.5 Å². The number of benzene rings is 1. The molecule has 0 aliphatic carbocycles. The number of carbonyl (C=O) groups is 1. The number of rotatable bonds is 3. The summed E-state index contributed by atoms with van der Waals surface area (Å²) >= 11 is 5.07. The van der Waals surface area contributed by atoms with E-state index in [9.17, 15) is 4.79 Å². The molecule has 1 amide bonds. The largest absolute Gasteiger partial charge is 0.389 e. The lowest BCUT2D eigenvalue weighted by Gasteiger charge is -2.16. The standard InChI is InChI=1S/C15H17N3OS/c16-15(20)12-4-3-5-13-11(12)6-9-18(13)10-14(19)17-7-1-2-8-17/h3-6,9H,1-2,7-8,10H2,(H2,16,20). The number of nitrogens with zero attached hydrogens (tertiary/aromatic N) is 2. The maximum Gasteiger partial charge on any atom is 0.242 e. The Balaban J connectivity index is 1.91. The van der Waals surface area contributed by atoms with Crippen LogP contribution in [0.15, 0.2) is 30.5 Å². The van der Waals surface area contributed by atoms with Gasteiger partial charge in [0.15, 0.2) is 0 Å². The first-order valence-electron chi connectivity index (χ1n) is 6.82. The molecule has 0 atom stereocenters. The van der Waals surface area contributed by atoms with Gasteiger partial charge in [0.25, 0.3) is 0 Å². The molecule has 0 saturated carbocycles. The van der Waals surface area contributed by atoms with Crippen LogP contribution in [0.25, 0.3) is 10.9 Å². The number of aromatic nitrogens is 1. The normalized spacial score (nSPS) is 14.9. The highest BCUT2D eigenvalue weighted by Gasteiger charge is 2.18. The Bertz CT molecular complexity index is 671. The Kier molecular flexibility index (Phi) is 3.44. The third kappa shape index (κ3) is 2.29. The minimum Gasteiger partial charge on any atom is -0.389 e. The molecule has 1 saturated heterocycles. The van der Waals surface area contributed by atoms with E-state index in [-0.39, 0.29) is 5.91 Å². The van der Waals surface area contributed by atoms with E-state index in [1.54, 1.807) is 0 Å². The Labute approximate surface area is 123 Å². The fraction of sp³-hybridized carbons (Fsp3) is 0.333. The minimum atomic E-state index is 0.181. The summed E-state index contributed by atoms with van der Waals surface area (Å²) in [6, 6.07) is 7.81. The third-order valence-electron chi connectivity index (χ3n) is 3.84. The zero-order chi connectivity index (χ0) is 14.1. The molecule has 0 spiro atoms. The lowest BCUT2D eigenvalue weighted by atomic mass is 10.1. The molecule has 1 aliphatic rings. The number of amides is 1. The molecule has 0 radical (unpaired) electrons. The Hall–Kier alpha value is -1.88. The van der Waals surface area contributed by atoms with E-state index in [0.717, 1.165) is 42.4 Å². The number of likely N-dealkylation sites (tertiary alicyclic amines) is 1. The number of carbonyl (C=O) groups excluding carboxylic acids is 1. The monoisotopic (exact) mass is 287 g/mol. The smallest absolute Gasteiger partial charge is 0.242 e. The first kappa shape index (κ1) is 13.1. The Morgan fingerprint density at radius 1 is 1.25 bits per heavy atom. The lowest BCUT2D eigenvalue weighted by Crippen LogP contribution is -2.30. The van der Waals surface area contributed by atoms with E-state index in [1.807, 2.05) is 39.9 Å². The molecule has 1 fully saturated rings. The van der Waals surface area contributed by atoms with Crippen LogP contribution < -0.4 is 5.73 Å². The highest BCUT2D eigenvalue weighted by Crippen LogP contribution is 2.21. The van der Waals surface area contributed by atoms with Crippen molar-refractivity contribution in [1.29, 1.82) is 0 Å². The Morgan fingerprint density at radius 2 is 2.00 bits per heavy atom. The van der Waals surface area contributed by atoms with Gasteiger partial charge in [-0.3, -0.25) is 4.79 Å². The topological polar surface area (TPSA) is 51.3 Å². The highest BCUT2D eigenvalue weighted by atomic mass is 32.1. The van der Waals surface area contributed by atoms with Gasteiger partial charge in [0.1, 0.15) is 11.5 Å². The number of hydrogen-bond donors (Lipinski definition) is 1. The highest BCUT2D eigenvalue weighted by molar-refractivity contribution is 7.80. The third-order valence-corrected chi connectivity index (χ3v) is 4.06. The molecule has 0 bridgehead atoms. The molecule has 104 valence electrons. The van der Waals surface area contributed by atoms with Gasteiger partial charge in [0.2, 0.25) is 5.91 Å². The molecule has 1 aromatic heterocycles. The summed E-state index contributed by atoms with van der Waals surface area (Å²) in [5.74, 6) is 0.181. The van der Waals surface area contributed by atoms with E-state index < -0.39 is 0 Å². The van der Waals surface area contributed by atoms with Gasteiger partial charge in [-0.15, -0.1) is 0 Å². The van der Waals surface area contributed by atoms with Gasteiger partial charge < -0.3 is 15.2 Å². The first-order chi connectivity index (χ1) is 9.66. The summed E-state index contributed by atoms with van der Waals surface area (Å²) in [7, 11) is 0. The lowest BCUT2D eigenvalue weighted by molar-refractivity contribution is -0.130. The molecule has 4 nitrogen and oxygen atoms in total. The van der Waals surface area contributed by atoms with Crippen molar-refractivity contribution in [3.05, 3.63) is 36.0 Å². The van der Waals surface area contributed by atoms with Crippen molar-refractivity contribution in [2.75, 3.05) is 13.1 Å². The van der Waals surface area contributed by atoms with E-state index in [1.165, 1.54) is 0 Å². The van der Waals surface area contributed by atoms with Crippen molar-refractivity contribution < 1.29 is 4.79 Å². The van der Waals surface area contributed by atoms with Gasteiger partial charge >= 0.3 is 0 Å². The number of hydrogen-bond acceptors (Lipinski definition) is 2. The number of nitrogens with two attached hydrogens (primary N) is 1. The Morgan fingerprint density at radius 3 is 2.70 bits per heavy atom. The summed E-state index contributed by atoms with van der Waals surface area (Å²) in [5.41, 5.74) is 7.61. The number of thiocarbonyl (C=S) groups is 1. The second-order valence-electron chi connectivity index (χ2n) is 5.13. The van der Waals surface area contributed by atoms with Crippen molar-refractivity contribution in [3.63, 3.8) is 0 Å². The second kappa shape index (κ2) is 5.25. The molecule has 2 N–H and O–H groups in total. The minimum absolute atomic E-state index is 0.181. The summed E-state index contributed by atoms with van der Waals surface area (Å²) in [6.45, 7) is 2.15. The fourth-order valence-electron chi connectivity index (χ4n) is 2.79. The summed E-state index contributed by atoms with van der Waals surface area (Å²) in [5, 5.41) is 1.01. The van der Waals surface area contributed by atoms with Crippen LogP contribution in [-0.4, -0.2) is 33.5 Å². The average molecular weight is 287 g/mol. The summed E-state index contributed by atoms with van der Waals surface area (Å²) in [6.07, 6.45) is 4.16. The van der Waals surface area contributed by atoms with Crippen LogP contribution in [-0.2, 0) is 11.3 Å². The fourth-order valence-corrected chi connectivity index (χ4v) is 2.97. The van der Waals surface area contributed by atoms with Crippen LogP contribution in [0.3, 0.4) is 0 Å². The molecule has 20 heavy (non-hydrogen) atoms. The van der Waals surface area contributed by atoms with Gasteiger partial charge in [-0.1, -0.05) is 24.4 Å². The quantitative estimate of drug-likeness (QED) is 0.877. The molecule has 3 rings (SSSR count). The van der Waals surface area contributed by atoms with Crippen molar-refractivity contribution in [2.45, 2.75) is 19.4 Å². The van der Waals surface area contributed by atoms with Crippen LogP contribution in [0.1, 0.15) is 18.4 Å².